The van der Waals surface area contributed by atoms with E-state index >= 15 is 0 Å². The molecule has 1 aromatic rings. The SMILES string of the molecule is CCc1ccccc1OCCCCC#N. The fourth-order valence-electron chi connectivity index (χ4n) is 1.42. The molecule has 0 bridgehead atoms. The molecule has 0 aliphatic heterocycles. The molecule has 0 spiro atoms. The van der Waals surface area contributed by atoms with Crippen molar-refractivity contribution in [3.05, 3.63) is 29.8 Å². The average molecular weight is 203 g/mol. The molecule has 0 atom stereocenters. The summed E-state index contributed by atoms with van der Waals surface area (Å²) >= 11 is 0. The van der Waals surface area contributed by atoms with E-state index in [1.165, 1.54) is 5.56 Å². The number of para-hydroxylation sites is 1. The largest absolute Gasteiger partial charge is 0.493 e. The summed E-state index contributed by atoms with van der Waals surface area (Å²) in [4.78, 5) is 0. The summed E-state index contributed by atoms with van der Waals surface area (Å²) in [5.41, 5.74) is 1.25. The van der Waals surface area contributed by atoms with Gasteiger partial charge in [-0.15, -0.1) is 0 Å². The third kappa shape index (κ3) is 4.03. The molecule has 0 aliphatic carbocycles. The minimum atomic E-state index is 0.624. The fourth-order valence-corrected chi connectivity index (χ4v) is 1.42. The van der Waals surface area contributed by atoms with Crippen LogP contribution in [0.15, 0.2) is 24.3 Å². The van der Waals surface area contributed by atoms with Crippen LogP contribution in [0.25, 0.3) is 0 Å². The number of nitrogens with zero attached hydrogens (tertiary/aromatic N) is 1. The smallest absolute Gasteiger partial charge is 0.122 e. The first-order valence-electron chi connectivity index (χ1n) is 5.46. The molecule has 0 aromatic heterocycles. The predicted molar refractivity (Wildman–Crippen MR) is 60.8 cm³/mol. The second-order valence-electron chi connectivity index (χ2n) is 3.42. The highest BCUT2D eigenvalue weighted by atomic mass is 16.5. The third-order valence-electron chi connectivity index (χ3n) is 2.29. The molecule has 1 aromatic carbocycles. The Morgan fingerprint density at radius 1 is 1.27 bits per heavy atom. The predicted octanol–water partition coefficient (Wildman–Crippen LogP) is 3.32. The highest BCUT2D eigenvalue weighted by molar-refractivity contribution is 5.33. The zero-order valence-electron chi connectivity index (χ0n) is 9.20. The summed E-state index contributed by atoms with van der Waals surface area (Å²) in [6, 6.07) is 10.2. The zero-order chi connectivity index (χ0) is 10.9. The van der Waals surface area contributed by atoms with E-state index in [0.29, 0.717) is 13.0 Å². The zero-order valence-corrected chi connectivity index (χ0v) is 9.20. The van der Waals surface area contributed by atoms with Gasteiger partial charge in [0.05, 0.1) is 12.7 Å². The minimum absolute atomic E-state index is 0.624. The normalized spacial score (nSPS) is 9.60. The third-order valence-corrected chi connectivity index (χ3v) is 2.29. The quantitative estimate of drug-likeness (QED) is 0.664. The van der Waals surface area contributed by atoms with Crippen LogP contribution in [0.3, 0.4) is 0 Å². The average Bonchev–Trinajstić information content (AvgIpc) is 2.29. The molecule has 0 N–H and O–H groups in total. The minimum Gasteiger partial charge on any atom is -0.493 e. The highest BCUT2D eigenvalue weighted by Crippen LogP contribution is 2.18. The molecular weight excluding hydrogens is 186 g/mol. The van der Waals surface area contributed by atoms with Gasteiger partial charge >= 0.3 is 0 Å². The molecule has 0 saturated heterocycles. The number of hydrogen-bond acceptors (Lipinski definition) is 2. The summed E-state index contributed by atoms with van der Waals surface area (Å²) in [5, 5.41) is 8.37. The first-order valence-corrected chi connectivity index (χ1v) is 5.46. The summed E-state index contributed by atoms with van der Waals surface area (Å²) in [5.74, 6) is 0.983. The van der Waals surface area contributed by atoms with Gasteiger partial charge in [0.25, 0.3) is 0 Å². The van der Waals surface area contributed by atoms with E-state index < -0.39 is 0 Å². The van der Waals surface area contributed by atoms with Crippen molar-refractivity contribution in [1.29, 1.82) is 5.26 Å². The lowest BCUT2D eigenvalue weighted by Crippen LogP contribution is -1.99. The number of nitriles is 1. The Bertz CT molecular complexity index is 328. The van der Waals surface area contributed by atoms with Gasteiger partial charge in [0.1, 0.15) is 5.75 Å². The van der Waals surface area contributed by atoms with Crippen LogP contribution in [-0.4, -0.2) is 6.61 Å². The van der Waals surface area contributed by atoms with Crippen LogP contribution in [0.4, 0.5) is 0 Å². The van der Waals surface area contributed by atoms with E-state index in [-0.39, 0.29) is 0 Å². The van der Waals surface area contributed by atoms with Gasteiger partial charge in [-0.3, -0.25) is 0 Å². The Morgan fingerprint density at radius 3 is 2.80 bits per heavy atom. The Kier molecular flexibility index (Phi) is 5.32. The van der Waals surface area contributed by atoms with Crippen LogP contribution in [0.2, 0.25) is 0 Å². The van der Waals surface area contributed by atoms with Crippen LogP contribution in [0, 0.1) is 11.3 Å². The van der Waals surface area contributed by atoms with Crippen LogP contribution in [0.5, 0.6) is 5.75 Å². The van der Waals surface area contributed by atoms with Crippen molar-refractivity contribution in [2.24, 2.45) is 0 Å². The Balaban J connectivity index is 2.34. The molecule has 0 unspecified atom stereocenters. The second kappa shape index (κ2) is 6.89. The van der Waals surface area contributed by atoms with Gasteiger partial charge in [-0.05, 0) is 30.9 Å². The van der Waals surface area contributed by atoms with Crippen molar-refractivity contribution in [3.63, 3.8) is 0 Å². The molecule has 80 valence electrons. The first kappa shape index (κ1) is 11.6. The van der Waals surface area contributed by atoms with Crippen LogP contribution < -0.4 is 4.74 Å². The summed E-state index contributed by atoms with van der Waals surface area (Å²) < 4.78 is 5.67. The van der Waals surface area contributed by atoms with Crippen molar-refractivity contribution < 1.29 is 4.74 Å². The van der Waals surface area contributed by atoms with Gasteiger partial charge in [-0.2, -0.15) is 5.26 Å². The molecule has 0 heterocycles. The van der Waals surface area contributed by atoms with E-state index in [2.05, 4.69) is 19.1 Å². The van der Waals surface area contributed by atoms with E-state index in [4.69, 9.17) is 10.00 Å². The monoisotopic (exact) mass is 203 g/mol. The van der Waals surface area contributed by atoms with Gasteiger partial charge in [0.2, 0.25) is 0 Å². The molecule has 0 saturated carbocycles. The summed E-state index contributed by atoms with van der Waals surface area (Å²) in [7, 11) is 0. The van der Waals surface area contributed by atoms with Crippen molar-refractivity contribution in [2.75, 3.05) is 6.61 Å². The van der Waals surface area contributed by atoms with E-state index in [0.717, 1.165) is 25.0 Å². The lowest BCUT2D eigenvalue weighted by molar-refractivity contribution is 0.305. The number of ether oxygens (including phenoxy) is 1. The van der Waals surface area contributed by atoms with Crippen LogP contribution in [-0.2, 0) is 6.42 Å². The van der Waals surface area contributed by atoms with Crippen molar-refractivity contribution in [2.45, 2.75) is 32.6 Å². The van der Waals surface area contributed by atoms with Crippen LogP contribution >= 0.6 is 0 Å². The molecular formula is C13H17NO. The number of hydrogen-bond donors (Lipinski definition) is 0. The molecule has 0 aliphatic rings. The first-order chi connectivity index (χ1) is 7.38. The lowest BCUT2D eigenvalue weighted by Gasteiger charge is -2.09. The van der Waals surface area contributed by atoms with Gasteiger partial charge in [-0.1, -0.05) is 25.1 Å². The Labute approximate surface area is 91.5 Å². The molecule has 15 heavy (non-hydrogen) atoms. The van der Waals surface area contributed by atoms with Crippen LogP contribution in [0.1, 0.15) is 31.7 Å². The van der Waals surface area contributed by atoms with Crippen molar-refractivity contribution in [1.82, 2.24) is 0 Å². The molecule has 0 amide bonds. The van der Waals surface area contributed by atoms with Gasteiger partial charge in [-0.25, -0.2) is 0 Å². The van der Waals surface area contributed by atoms with Gasteiger partial charge < -0.3 is 4.74 Å². The number of unbranched alkanes of at least 4 members (excludes halogenated alkanes) is 2. The number of aryl methyl sites for hydroxylation is 1. The highest BCUT2D eigenvalue weighted by Gasteiger charge is 1.99. The molecule has 1 rings (SSSR count). The van der Waals surface area contributed by atoms with Gasteiger partial charge in [0, 0.05) is 6.42 Å². The number of rotatable bonds is 6. The topological polar surface area (TPSA) is 33.0 Å². The van der Waals surface area contributed by atoms with E-state index in [1.807, 2.05) is 18.2 Å². The summed E-state index contributed by atoms with van der Waals surface area (Å²) in [6.45, 7) is 2.83. The van der Waals surface area contributed by atoms with Crippen molar-refractivity contribution >= 4 is 0 Å². The van der Waals surface area contributed by atoms with Gasteiger partial charge in [0.15, 0.2) is 0 Å². The molecule has 0 fully saturated rings. The maximum atomic E-state index is 8.37. The Morgan fingerprint density at radius 2 is 2.07 bits per heavy atom. The van der Waals surface area contributed by atoms with Crippen molar-refractivity contribution in [3.8, 4) is 11.8 Å². The molecule has 2 nitrogen and oxygen atoms in total. The fraction of sp³-hybridized carbons (Fsp3) is 0.462. The standard InChI is InChI=1S/C13H17NO/c1-2-12-8-4-5-9-13(12)15-11-7-3-6-10-14/h4-5,8-9H,2-3,6-7,11H2,1H3. The number of benzene rings is 1. The lowest BCUT2D eigenvalue weighted by atomic mass is 10.1. The van der Waals surface area contributed by atoms with E-state index in [9.17, 15) is 0 Å². The molecule has 0 radical (unpaired) electrons. The maximum absolute atomic E-state index is 8.37. The van der Waals surface area contributed by atoms with E-state index in [1.54, 1.807) is 0 Å². The molecule has 2 heteroatoms. The maximum Gasteiger partial charge on any atom is 0.122 e. The Hall–Kier alpha value is -1.49. The second-order valence-corrected chi connectivity index (χ2v) is 3.42. The summed E-state index contributed by atoms with van der Waals surface area (Å²) in [6.07, 6.45) is 3.49.